The highest BCUT2D eigenvalue weighted by Crippen LogP contribution is 2.22. The van der Waals surface area contributed by atoms with Crippen LogP contribution < -0.4 is 16.6 Å². The summed E-state index contributed by atoms with van der Waals surface area (Å²) in [5, 5.41) is 3.47. The molecule has 21 heavy (non-hydrogen) atoms. The van der Waals surface area contributed by atoms with Gasteiger partial charge in [-0.2, -0.15) is 0 Å². The smallest absolute Gasteiger partial charge is 0.148 e. The van der Waals surface area contributed by atoms with Crippen LogP contribution in [-0.2, 0) is 0 Å². The van der Waals surface area contributed by atoms with Crippen LogP contribution in [0.3, 0.4) is 0 Å². The van der Waals surface area contributed by atoms with Crippen molar-refractivity contribution in [1.82, 2.24) is 14.9 Å². The van der Waals surface area contributed by atoms with Crippen LogP contribution >= 0.6 is 0 Å². The van der Waals surface area contributed by atoms with Crippen LogP contribution in [0.5, 0.6) is 0 Å². The lowest BCUT2D eigenvalue weighted by molar-refractivity contribution is 0.269. The van der Waals surface area contributed by atoms with E-state index in [1.54, 1.807) is 0 Å². The molecule has 2 rings (SSSR count). The van der Waals surface area contributed by atoms with Gasteiger partial charge in [0.1, 0.15) is 17.5 Å². The predicted octanol–water partition coefficient (Wildman–Crippen LogP) is 2.09. The maximum Gasteiger partial charge on any atom is 0.148 e. The van der Waals surface area contributed by atoms with E-state index in [0.29, 0.717) is 11.9 Å². The third kappa shape index (κ3) is 3.83. The summed E-state index contributed by atoms with van der Waals surface area (Å²) in [6, 6.07) is 0.513. The molecule has 1 aromatic rings. The molecule has 0 aliphatic carbocycles. The molecule has 0 aromatic carbocycles. The zero-order valence-corrected chi connectivity index (χ0v) is 13.6. The normalized spacial score (nSPS) is 17.2. The van der Waals surface area contributed by atoms with E-state index in [1.165, 1.54) is 25.9 Å². The van der Waals surface area contributed by atoms with Crippen molar-refractivity contribution in [3.8, 4) is 0 Å². The summed E-state index contributed by atoms with van der Waals surface area (Å²) in [5.74, 6) is 8.23. The lowest BCUT2D eigenvalue weighted by atomic mass is 10.2. The lowest BCUT2D eigenvalue weighted by Gasteiger charge is -2.25. The Labute approximate surface area is 127 Å². The summed E-state index contributed by atoms with van der Waals surface area (Å²) in [5.41, 5.74) is 3.64. The number of hydrogen-bond donors (Lipinski definition) is 3. The van der Waals surface area contributed by atoms with Crippen molar-refractivity contribution in [1.29, 1.82) is 0 Å². The van der Waals surface area contributed by atoms with Gasteiger partial charge < -0.3 is 10.7 Å². The molecule has 6 nitrogen and oxygen atoms in total. The summed E-state index contributed by atoms with van der Waals surface area (Å²) in [6.45, 7) is 11.7. The average Bonchev–Trinajstić information content (AvgIpc) is 2.99. The van der Waals surface area contributed by atoms with Gasteiger partial charge in [0.15, 0.2) is 0 Å². The van der Waals surface area contributed by atoms with Gasteiger partial charge in [-0.05, 0) is 39.8 Å². The van der Waals surface area contributed by atoms with Crippen molar-refractivity contribution < 1.29 is 0 Å². The molecular formula is C15H28N6. The predicted molar refractivity (Wildman–Crippen MR) is 87.4 cm³/mol. The second-order valence-electron chi connectivity index (χ2n) is 6.18. The highest BCUT2D eigenvalue weighted by molar-refractivity contribution is 5.56. The van der Waals surface area contributed by atoms with Gasteiger partial charge in [0.05, 0.1) is 0 Å². The summed E-state index contributed by atoms with van der Waals surface area (Å²) in [4.78, 5) is 11.6. The van der Waals surface area contributed by atoms with Gasteiger partial charge in [0.25, 0.3) is 0 Å². The number of nitrogens with two attached hydrogens (primary N) is 1. The van der Waals surface area contributed by atoms with Crippen molar-refractivity contribution in [2.45, 2.75) is 52.5 Å². The fourth-order valence-corrected chi connectivity index (χ4v) is 2.66. The van der Waals surface area contributed by atoms with E-state index in [4.69, 9.17) is 5.84 Å². The SMILES string of the molecule is Cc1c(NN)nc(C(C)C)nc1NCC(C)N1CCCC1. The Hall–Kier alpha value is -1.40. The Morgan fingerprint density at radius 3 is 2.33 bits per heavy atom. The number of nitrogen functional groups attached to an aromatic ring is 1. The maximum atomic E-state index is 5.57. The summed E-state index contributed by atoms with van der Waals surface area (Å²) >= 11 is 0. The first kappa shape index (κ1) is 16.0. The molecule has 0 spiro atoms. The number of likely N-dealkylation sites (tertiary alicyclic amines) is 1. The Balaban J connectivity index is 2.09. The van der Waals surface area contributed by atoms with E-state index in [0.717, 1.165) is 23.8 Å². The number of anilines is 2. The number of aromatic nitrogens is 2. The molecule has 0 radical (unpaired) electrons. The van der Waals surface area contributed by atoms with Crippen molar-refractivity contribution in [2.75, 3.05) is 30.4 Å². The van der Waals surface area contributed by atoms with E-state index < -0.39 is 0 Å². The highest BCUT2D eigenvalue weighted by Gasteiger charge is 2.19. The Bertz CT molecular complexity index is 467. The highest BCUT2D eigenvalue weighted by atomic mass is 15.3. The number of nitrogens with one attached hydrogen (secondary N) is 2. The van der Waals surface area contributed by atoms with Crippen molar-refractivity contribution in [3.63, 3.8) is 0 Å². The minimum atomic E-state index is 0.272. The largest absolute Gasteiger partial charge is 0.368 e. The van der Waals surface area contributed by atoms with Crippen molar-refractivity contribution in [3.05, 3.63) is 11.4 Å². The standard InChI is InChI=1S/C15H28N6/c1-10(2)13-18-14(12(4)15(19-13)20-16)17-9-11(3)21-7-5-6-8-21/h10-11H,5-9,16H2,1-4H3,(H2,17,18,19,20). The molecule has 1 aromatic heterocycles. The monoisotopic (exact) mass is 292 g/mol. The molecule has 1 aliphatic rings. The molecule has 1 aliphatic heterocycles. The van der Waals surface area contributed by atoms with Gasteiger partial charge >= 0.3 is 0 Å². The van der Waals surface area contributed by atoms with E-state index in [1.807, 2.05) is 6.92 Å². The van der Waals surface area contributed by atoms with Crippen LogP contribution in [-0.4, -0.2) is 40.5 Å². The summed E-state index contributed by atoms with van der Waals surface area (Å²) in [6.07, 6.45) is 2.63. The average molecular weight is 292 g/mol. The molecule has 1 saturated heterocycles. The molecule has 1 fully saturated rings. The molecule has 0 saturated carbocycles. The molecule has 6 heteroatoms. The third-order valence-corrected chi connectivity index (χ3v) is 4.15. The molecule has 4 N–H and O–H groups in total. The van der Waals surface area contributed by atoms with Crippen LogP contribution in [0.2, 0.25) is 0 Å². The van der Waals surface area contributed by atoms with Crippen molar-refractivity contribution >= 4 is 11.6 Å². The van der Waals surface area contributed by atoms with Gasteiger partial charge in [0, 0.05) is 24.1 Å². The van der Waals surface area contributed by atoms with Gasteiger partial charge in [-0.25, -0.2) is 15.8 Å². The quantitative estimate of drug-likeness (QED) is 0.550. The van der Waals surface area contributed by atoms with Crippen LogP contribution in [0.25, 0.3) is 0 Å². The first-order valence-electron chi connectivity index (χ1n) is 7.86. The van der Waals surface area contributed by atoms with E-state index in [9.17, 15) is 0 Å². The molecule has 1 atom stereocenters. The first-order valence-corrected chi connectivity index (χ1v) is 7.86. The third-order valence-electron chi connectivity index (χ3n) is 4.15. The van der Waals surface area contributed by atoms with E-state index in [-0.39, 0.29) is 5.92 Å². The second-order valence-corrected chi connectivity index (χ2v) is 6.18. The van der Waals surface area contributed by atoms with Gasteiger partial charge in [-0.1, -0.05) is 13.8 Å². The van der Waals surface area contributed by atoms with Gasteiger partial charge in [0.2, 0.25) is 0 Å². The Morgan fingerprint density at radius 1 is 1.14 bits per heavy atom. The zero-order chi connectivity index (χ0) is 15.4. The van der Waals surface area contributed by atoms with E-state index >= 15 is 0 Å². The van der Waals surface area contributed by atoms with Crippen LogP contribution in [0.4, 0.5) is 11.6 Å². The first-order chi connectivity index (χ1) is 10.0. The molecule has 1 unspecified atom stereocenters. The number of rotatable bonds is 6. The van der Waals surface area contributed by atoms with Gasteiger partial charge in [-0.15, -0.1) is 0 Å². The van der Waals surface area contributed by atoms with Gasteiger partial charge in [-0.3, -0.25) is 4.90 Å². The zero-order valence-electron chi connectivity index (χ0n) is 13.6. The number of hydrogen-bond acceptors (Lipinski definition) is 6. The molecule has 0 bridgehead atoms. The molecule has 2 heterocycles. The Kier molecular flexibility index (Phi) is 5.36. The van der Waals surface area contributed by atoms with Crippen LogP contribution in [0.15, 0.2) is 0 Å². The minimum Gasteiger partial charge on any atom is -0.368 e. The number of hydrazine groups is 1. The van der Waals surface area contributed by atoms with Crippen LogP contribution in [0.1, 0.15) is 50.9 Å². The fraction of sp³-hybridized carbons (Fsp3) is 0.733. The molecular weight excluding hydrogens is 264 g/mol. The fourth-order valence-electron chi connectivity index (χ4n) is 2.66. The minimum absolute atomic E-state index is 0.272. The second kappa shape index (κ2) is 7.04. The van der Waals surface area contributed by atoms with Crippen LogP contribution in [0, 0.1) is 6.92 Å². The molecule has 0 amide bonds. The maximum absolute atomic E-state index is 5.57. The Morgan fingerprint density at radius 2 is 1.76 bits per heavy atom. The lowest BCUT2D eigenvalue weighted by Crippen LogP contribution is -2.36. The number of nitrogens with zero attached hydrogens (tertiary/aromatic N) is 3. The summed E-state index contributed by atoms with van der Waals surface area (Å²) < 4.78 is 0. The molecule has 118 valence electrons. The summed E-state index contributed by atoms with van der Waals surface area (Å²) in [7, 11) is 0. The van der Waals surface area contributed by atoms with E-state index in [2.05, 4.69) is 46.4 Å². The van der Waals surface area contributed by atoms with Crippen molar-refractivity contribution in [2.24, 2.45) is 5.84 Å². The topological polar surface area (TPSA) is 79.1 Å².